The Balaban J connectivity index is 2.65. The van der Waals surface area contributed by atoms with Crippen LogP contribution in [0.4, 0.5) is 5.69 Å². The maximum absolute atomic E-state index is 9.50. The van der Waals surface area contributed by atoms with Gasteiger partial charge in [0.15, 0.2) is 0 Å². The number of anilines is 1. The lowest BCUT2D eigenvalue weighted by molar-refractivity contribution is 0.199. The summed E-state index contributed by atoms with van der Waals surface area (Å²) in [5.41, 5.74) is 1.87. The van der Waals surface area contributed by atoms with Crippen molar-refractivity contribution >= 4 is 17.3 Å². The fourth-order valence-electron chi connectivity index (χ4n) is 1.84. The molecule has 0 heterocycles. The van der Waals surface area contributed by atoms with Gasteiger partial charge in [0.1, 0.15) is 0 Å². The summed E-state index contributed by atoms with van der Waals surface area (Å²) in [6, 6.07) is 5.73. The van der Waals surface area contributed by atoms with Crippen LogP contribution in [0.2, 0.25) is 5.02 Å². The van der Waals surface area contributed by atoms with Gasteiger partial charge in [0, 0.05) is 13.6 Å². The van der Waals surface area contributed by atoms with Gasteiger partial charge < -0.3 is 14.9 Å². The average Bonchev–Trinajstić information content (AvgIpc) is 2.27. The van der Waals surface area contributed by atoms with Crippen LogP contribution < -0.4 is 4.90 Å². The monoisotopic (exact) mass is 270 g/mol. The molecule has 1 rings (SSSR count). The summed E-state index contributed by atoms with van der Waals surface area (Å²) in [6.07, 6.45) is 0.619. The van der Waals surface area contributed by atoms with Gasteiger partial charge in [-0.05, 0) is 51.7 Å². The molecule has 0 aliphatic rings. The Bertz CT molecular complexity index is 380. The Morgan fingerprint density at radius 1 is 1.22 bits per heavy atom. The van der Waals surface area contributed by atoms with E-state index < -0.39 is 6.10 Å². The molecule has 4 heteroatoms. The van der Waals surface area contributed by atoms with Gasteiger partial charge in [-0.25, -0.2) is 0 Å². The maximum atomic E-state index is 9.50. The first-order valence-electron chi connectivity index (χ1n) is 6.25. The number of halogens is 1. The van der Waals surface area contributed by atoms with Crippen LogP contribution in [0.5, 0.6) is 0 Å². The molecule has 0 saturated heterocycles. The zero-order valence-electron chi connectivity index (χ0n) is 11.7. The molecule has 102 valence electrons. The first kappa shape index (κ1) is 15.3. The Morgan fingerprint density at radius 2 is 1.89 bits per heavy atom. The van der Waals surface area contributed by atoms with Crippen molar-refractivity contribution in [1.82, 2.24) is 4.90 Å². The summed E-state index contributed by atoms with van der Waals surface area (Å²) in [5, 5.41) is 10.2. The highest BCUT2D eigenvalue weighted by molar-refractivity contribution is 6.33. The molecule has 1 atom stereocenters. The molecule has 0 amide bonds. The molecule has 0 saturated carbocycles. The maximum Gasteiger partial charge on any atom is 0.0762 e. The van der Waals surface area contributed by atoms with Crippen LogP contribution in [0.15, 0.2) is 18.2 Å². The summed E-state index contributed by atoms with van der Waals surface area (Å²) in [6.45, 7) is 3.77. The normalized spacial score (nSPS) is 12.8. The molecule has 0 spiro atoms. The SMILES string of the molecule is CC(O)c1ccc(N(C)CCCN(C)C)c(Cl)c1. The highest BCUT2D eigenvalue weighted by Crippen LogP contribution is 2.28. The minimum atomic E-state index is -0.476. The standard InChI is InChI=1S/C14H23ClN2O/c1-11(18)12-6-7-14(13(15)10-12)17(4)9-5-8-16(2)3/h6-7,10-11,18H,5,8-9H2,1-4H3. The van der Waals surface area contributed by atoms with Gasteiger partial charge in [0.25, 0.3) is 0 Å². The van der Waals surface area contributed by atoms with Crippen molar-refractivity contribution in [2.45, 2.75) is 19.4 Å². The molecule has 1 unspecified atom stereocenters. The van der Waals surface area contributed by atoms with E-state index in [1.807, 2.05) is 25.2 Å². The summed E-state index contributed by atoms with van der Waals surface area (Å²) < 4.78 is 0. The third-order valence-corrected chi connectivity index (χ3v) is 3.27. The Labute approximate surface area is 115 Å². The van der Waals surface area contributed by atoms with Gasteiger partial charge in [-0.1, -0.05) is 17.7 Å². The molecule has 0 radical (unpaired) electrons. The first-order valence-corrected chi connectivity index (χ1v) is 6.63. The zero-order valence-corrected chi connectivity index (χ0v) is 12.4. The van der Waals surface area contributed by atoms with Crippen LogP contribution in [0.25, 0.3) is 0 Å². The number of hydrogen-bond acceptors (Lipinski definition) is 3. The zero-order chi connectivity index (χ0) is 13.7. The van der Waals surface area contributed by atoms with E-state index in [9.17, 15) is 5.11 Å². The molecule has 0 fully saturated rings. The third kappa shape index (κ3) is 4.48. The van der Waals surface area contributed by atoms with Crippen molar-refractivity contribution < 1.29 is 5.11 Å². The fourth-order valence-corrected chi connectivity index (χ4v) is 2.17. The van der Waals surface area contributed by atoms with E-state index in [0.29, 0.717) is 5.02 Å². The van der Waals surface area contributed by atoms with E-state index in [4.69, 9.17) is 11.6 Å². The Morgan fingerprint density at radius 3 is 2.39 bits per heavy atom. The van der Waals surface area contributed by atoms with E-state index in [0.717, 1.165) is 30.8 Å². The Kier molecular flexibility index (Phi) is 5.93. The van der Waals surface area contributed by atoms with E-state index in [1.54, 1.807) is 6.92 Å². The van der Waals surface area contributed by atoms with Crippen molar-refractivity contribution in [3.05, 3.63) is 28.8 Å². The minimum Gasteiger partial charge on any atom is -0.389 e. The summed E-state index contributed by atoms with van der Waals surface area (Å²) >= 11 is 6.25. The lowest BCUT2D eigenvalue weighted by Crippen LogP contribution is -2.23. The van der Waals surface area contributed by atoms with Crippen LogP contribution in [0, 0.1) is 0 Å². The first-order chi connectivity index (χ1) is 8.41. The lowest BCUT2D eigenvalue weighted by atomic mass is 10.1. The summed E-state index contributed by atoms with van der Waals surface area (Å²) in [4.78, 5) is 4.32. The molecule has 0 aliphatic heterocycles. The van der Waals surface area contributed by atoms with Crippen LogP contribution in [0.3, 0.4) is 0 Å². The second-order valence-electron chi connectivity index (χ2n) is 4.97. The van der Waals surface area contributed by atoms with Crippen molar-refractivity contribution in [1.29, 1.82) is 0 Å². The molecule has 1 N–H and O–H groups in total. The summed E-state index contributed by atoms with van der Waals surface area (Å²) in [5.74, 6) is 0. The van der Waals surface area contributed by atoms with Crippen LogP contribution in [-0.2, 0) is 0 Å². The molecular formula is C14H23ClN2O. The van der Waals surface area contributed by atoms with E-state index in [-0.39, 0.29) is 0 Å². The molecule has 3 nitrogen and oxygen atoms in total. The van der Waals surface area contributed by atoms with Gasteiger partial charge in [-0.2, -0.15) is 0 Å². The topological polar surface area (TPSA) is 26.7 Å². The van der Waals surface area contributed by atoms with Crippen molar-refractivity contribution in [3.63, 3.8) is 0 Å². The molecule has 0 bridgehead atoms. The summed E-state index contributed by atoms with van der Waals surface area (Å²) in [7, 11) is 6.19. The van der Waals surface area contributed by atoms with Gasteiger partial charge in [-0.3, -0.25) is 0 Å². The number of nitrogens with zero attached hydrogens (tertiary/aromatic N) is 2. The van der Waals surface area contributed by atoms with E-state index in [2.05, 4.69) is 23.9 Å². The van der Waals surface area contributed by atoms with Crippen molar-refractivity contribution in [2.24, 2.45) is 0 Å². The average molecular weight is 271 g/mol. The molecular weight excluding hydrogens is 248 g/mol. The second kappa shape index (κ2) is 6.98. The predicted octanol–water partition coefficient (Wildman–Crippen LogP) is 2.78. The molecule has 0 aliphatic carbocycles. The largest absolute Gasteiger partial charge is 0.389 e. The van der Waals surface area contributed by atoms with Crippen LogP contribution in [0.1, 0.15) is 25.0 Å². The number of aliphatic hydroxyl groups excluding tert-OH is 1. The third-order valence-electron chi connectivity index (χ3n) is 2.96. The van der Waals surface area contributed by atoms with Crippen molar-refractivity contribution in [2.75, 3.05) is 39.1 Å². The van der Waals surface area contributed by atoms with Gasteiger partial charge in [0.2, 0.25) is 0 Å². The molecule has 1 aromatic rings. The fraction of sp³-hybridized carbons (Fsp3) is 0.571. The minimum absolute atomic E-state index is 0.476. The Hall–Kier alpha value is -0.770. The van der Waals surface area contributed by atoms with E-state index >= 15 is 0 Å². The smallest absolute Gasteiger partial charge is 0.0762 e. The van der Waals surface area contributed by atoms with Crippen LogP contribution in [-0.4, -0.2) is 44.2 Å². The van der Waals surface area contributed by atoms with Gasteiger partial charge in [-0.15, -0.1) is 0 Å². The molecule has 1 aromatic carbocycles. The highest BCUT2D eigenvalue weighted by atomic mass is 35.5. The van der Waals surface area contributed by atoms with Gasteiger partial charge in [0.05, 0.1) is 16.8 Å². The quantitative estimate of drug-likeness (QED) is 0.861. The second-order valence-corrected chi connectivity index (χ2v) is 5.37. The highest BCUT2D eigenvalue weighted by Gasteiger charge is 2.09. The van der Waals surface area contributed by atoms with Gasteiger partial charge >= 0.3 is 0 Å². The number of benzene rings is 1. The lowest BCUT2D eigenvalue weighted by Gasteiger charge is -2.22. The predicted molar refractivity (Wildman–Crippen MR) is 78.5 cm³/mol. The number of aliphatic hydroxyl groups is 1. The van der Waals surface area contributed by atoms with Crippen LogP contribution >= 0.6 is 11.6 Å². The molecule has 18 heavy (non-hydrogen) atoms. The van der Waals surface area contributed by atoms with Crippen molar-refractivity contribution in [3.8, 4) is 0 Å². The molecule has 0 aromatic heterocycles. The number of rotatable bonds is 6. The number of hydrogen-bond donors (Lipinski definition) is 1. The van der Waals surface area contributed by atoms with E-state index in [1.165, 1.54) is 0 Å².